The van der Waals surface area contributed by atoms with Crippen LogP contribution in [0.5, 0.6) is 0 Å². The van der Waals surface area contributed by atoms with E-state index >= 15 is 0 Å². The highest BCUT2D eigenvalue weighted by Crippen LogP contribution is 2.20. The van der Waals surface area contributed by atoms with Crippen LogP contribution in [0.2, 0.25) is 0 Å². The summed E-state index contributed by atoms with van der Waals surface area (Å²) < 4.78 is 45.9. The highest BCUT2D eigenvalue weighted by molar-refractivity contribution is 7.89. The molecular formula is C14H17FN2O3S. The second kappa shape index (κ2) is 6.38. The van der Waals surface area contributed by atoms with E-state index in [1.807, 2.05) is 0 Å². The van der Waals surface area contributed by atoms with Crippen LogP contribution in [-0.2, 0) is 16.6 Å². The molecule has 0 aliphatic rings. The van der Waals surface area contributed by atoms with Crippen molar-refractivity contribution >= 4 is 10.0 Å². The number of hydrogen-bond acceptors (Lipinski definition) is 4. The summed E-state index contributed by atoms with van der Waals surface area (Å²) in [6.45, 7) is 2.09. The van der Waals surface area contributed by atoms with E-state index in [9.17, 15) is 12.8 Å². The zero-order chi connectivity index (χ0) is 15.5. The van der Waals surface area contributed by atoms with Crippen molar-refractivity contribution in [2.45, 2.75) is 24.4 Å². The van der Waals surface area contributed by atoms with Crippen LogP contribution in [0.25, 0.3) is 0 Å². The van der Waals surface area contributed by atoms with E-state index in [2.05, 4.69) is 10.0 Å². The summed E-state index contributed by atoms with van der Waals surface area (Å²) in [6.07, 6.45) is 1.45. The van der Waals surface area contributed by atoms with Crippen LogP contribution in [0.4, 0.5) is 4.39 Å². The lowest BCUT2D eigenvalue weighted by Gasteiger charge is -2.13. The summed E-state index contributed by atoms with van der Waals surface area (Å²) in [6, 6.07) is 6.78. The lowest BCUT2D eigenvalue weighted by Crippen LogP contribution is -2.27. The topological polar surface area (TPSA) is 71.3 Å². The lowest BCUT2D eigenvalue weighted by atomic mass is 10.2. The van der Waals surface area contributed by atoms with Crippen molar-refractivity contribution in [3.05, 3.63) is 53.7 Å². The second-order valence-electron chi connectivity index (χ2n) is 4.65. The average Bonchev–Trinajstić information content (AvgIpc) is 2.92. The van der Waals surface area contributed by atoms with Crippen LogP contribution in [0.1, 0.15) is 24.3 Å². The van der Waals surface area contributed by atoms with Crippen molar-refractivity contribution in [1.82, 2.24) is 10.0 Å². The smallest absolute Gasteiger partial charge is 0.244 e. The van der Waals surface area contributed by atoms with Gasteiger partial charge in [0.15, 0.2) is 0 Å². The zero-order valence-corrected chi connectivity index (χ0v) is 12.6. The van der Waals surface area contributed by atoms with E-state index in [1.165, 1.54) is 18.4 Å². The third-order valence-electron chi connectivity index (χ3n) is 2.97. The highest BCUT2D eigenvalue weighted by Gasteiger charge is 2.23. The molecule has 0 aliphatic heterocycles. The van der Waals surface area contributed by atoms with E-state index in [4.69, 9.17) is 4.42 Å². The van der Waals surface area contributed by atoms with Crippen molar-refractivity contribution in [1.29, 1.82) is 0 Å². The Balaban J connectivity index is 2.23. The summed E-state index contributed by atoms with van der Waals surface area (Å²) in [5.74, 6) is -0.312. The lowest BCUT2D eigenvalue weighted by molar-refractivity contribution is 0.458. The Labute approximate surface area is 123 Å². The van der Waals surface area contributed by atoms with Gasteiger partial charge in [0, 0.05) is 6.54 Å². The fourth-order valence-corrected chi connectivity index (χ4v) is 3.24. The molecule has 0 saturated heterocycles. The minimum atomic E-state index is -3.95. The van der Waals surface area contributed by atoms with Crippen LogP contribution in [0.15, 0.2) is 45.9 Å². The van der Waals surface area contributed by atoms with E-state index < -0.39 is 21.9 Å². The van der Waals surface area contributed by atoms with Crippen molar-refractivity contribution in [2.24, 2.45) is 0 Å². The number of nitrogens with one attached hydrogen (secondary N) is 2. The first-order valence-electron chi connectivity index (χ1n) is 6.43. The number of hydrogen-bond donors (Lipinski definition) is 2. The predicted molar refractivity (Wildman–Crippen MR) is 76.6 cm³/mol. The van der Waals surface area contributed by atoms with Crippen LogP contribution in [0, 0.1) is 5.82 Å². The largest absolute Gasteiger partial charge is 0.468 e. The Morgan fingerprint density at radius 2 is 2.10 bits per heavy atom. The molecule has 1 aromatic heterocycles. The van der Waals surface area contributed by atoms with Crippen molar-refractivity contribution in [2.75, 3.05) is 7.05 Å². The quantitative estimate of drug-likeness (QED) is 0.857. The molecule has 7 heteroatoms. The van der Waals surface area contributed by atoms with Gasteiger partial charge in [0.05, 0.1) is 12.3 Å². The van der Waals surface area contributed by atoms with Gasteiger partial charge in [-0.05, 0) is 43.8 Å². The van der Waals surface area contributed by atoms with E-state index in [1.54, 1.807) is 32.2 Å². The van der Waals surface area contributed by atoms with Gasteiger partial charge < -0.3 is 9.73 Å². The van der Waals surface area contributed by atoms with Gasteiger partial charge in [0.2, 0.25) is 10.0 Å². The highest BCUT2D eigenvalue weighted by atomic mass is 32.2. The summed E-state index contributed by atoms with van der Waals surface area (Å²) in [4.78, 5) is -0.374. The molecule has 0 amide bonds. The molecule has 1 unspecified atom stereocenters. The Morgan fingerprint density at radius 1 is 1.33 bits per heavy atom. The van der Waals surface area contributed by atoms with Gasteiger partial charge in [-0.2, -0.15) is 0 Å². The molecule has 0 saturated carbocycles. The van der Waals surface area contributed by atoms with Gasteiger partial charge in [0.25, 0.3) is 0 Å². The van der Waals surface area contributed by atoms with Crippen LogP contribution in [-0.4, -0.2) is 15.5 Å². The molecule has 2 N–H and O–H groups in total. The van der Waals surface area contributed by atoms with Gasteiger partial charge in [-0.15, -0.1) is 0 Å². The molecule has 2 aromatic rings. The molecule has 0 aliphatic carbocycles. The fourth-order valence-electron chi connectivity index (χ4n) is 1.97. The maximum atomic E-state index is 14.0. The molecular weight excluding hydrogens is 295 g/mol. The molecule has 2 rings (SSSR count). The molecule has 21 heavy (non-hydrogen) atoms. The average molecular weight is 312 g/mol. The Kier molecular flexibility index (Phi) is 4.76. The molecule has 0 fully saturated rings. The summed E-state index contributed by atoms with van der Waals surface area (Å²) >= 11 is 0. The number of furan rings is 1. The molecule has 1 atom stereocenters. The standard InChI is InChI=1S/C14H17FN2O3S/c1-10(13-4-3-7-20-13)17-21(18,19)14-6-5-11(9-16-2)8-12(14)15/h3-8,10,16-17H,9H2,1-2H3. The van der Waals surface area contributed by atoms with Crippen molar-refractivity contribution < 1.29 is 17.2 Å². The number of sulfonamides is 1. The Bertz CT molecular complexity index is 699. The van der Waals surface area contributed by atoms with Crippen LogP contribution >= 0.6 is 0 Å². The monoisotopic (exact) mass is 312 g/mol. The number of benzene rings is 1. The van der Waals surface area contributed by atoms with E-state index in [0.717, 1.165) is 0 Å². The van der Waals surface area contributed by atoms with Crippen molar-refractivity contribution in [3.8, 4) is 0 Å². The first kappa shape index (κ1) is 15.7. The SMILES string of the molecule is CNCc1ccc(S(=O)(=O)NC(C)c2ccco2)c(F)c1. The first-order valence-corrected chi connectivity index (χ1v) is 7.91. The van der Waals surface area contributed by atoms with Gasteiger partial charge in [0.1, 0.15) is 16.5 Å². The number of rotatable bonds is 6. The molecule has 1 heterocycles. The summed E-state index contributed by atoms with van der Waals surface area (Å²) in [5.41, 5.74) is 0.674. The Morgan fingerprint density at radius 3 is 2.67 bits per heavy atom. The fraction of sp³-hybridized carbons (Fsp3) is 0.286. The molecule has 0 spiro atoms. The zero-order valence-electron chi connectivity index (χ0n) is 11.8. The third kappa shape index (κ3) is 3.69. The van der Waals surface area contributed by atoms with Crippen molar-refractivity contribution in [3.63, 3.8) is 0 Å². The first-order chi connectivity index (χ1) is 9.94. The van der Waals surface area contributed by atoms with Gasteiger partial charge >= 0.3 is 0 Å². The number of halogens is 1. The maximum absolute atomic E-state index is 14.0. The minimum absolute atomic E-state index is 0.374. The summed E-state index contributed by atoms with van der Waals surface area (Å²) in [7, 11) is -2.22. The van der Waals surface area contributed by atoms with Crippen LogP contribution < -0.4 is 10.0 Å². The Hall–Kier alpha value is -1.70. The van der Waals surface area contributed by atoms with Gasteiger partial charge in [-0.25, -0.2) is 17.5 Å². The van der Waals surface area contributed by atoms with E-state index in [-0.39, 0.29) is 4.90 Å². The van der Waals surface area contributed by atoms with E-state index in [0.29, 0.717) is 17.9 Å². The summed E-state index contributed by atoms with van der Waals surface area (Å²) in [5, 5.41) is 2.88. The maximum Gasteiger partial charge on any atom is 0.244 e. The molecule has 0 bridgehead atoms. The van der Waals surface area contributed by atoms with Gasteiger partial charge in [-0.3, -0.25) is 0 Å². The second-order valence-corrected chi connectivity index (χ2v) is 6.34. The molecule has 1 aromatic carbocycles. The molecule has 0 radical (unpaired) electrons. The molecule has 5 nitrogen and oxygen atoms in total. The minimum Gasteiger partial charge on any atom is -0.468 e. The predicted octanol–water partition coefficient (Wildman–Crippen LogP) is 2.18. The normalized spacial score (nSPS) is 13.3. The van der Waals surface area contributed by atoms with Crippen LogP contribution in [0.3, 0.4) is 0 Å². The molecule has 114 valence electrons. The van der Waals surface area contributed by atoms with Gasteiger partial charge in [-0.1, -0.05) is 6.07 Å². The third-order valence-corrected chi connectivity index (χ3v) is 4.54.